The fourth-order valence-corrected chi connectivity index (χ4v) is 2.25. The largest absolute Gasteiger partial charge is 0.298 e. The Kier molecular flexibility index (Phi) is 4.55. The van der Waals surface area contributed by atoms with Crippen molar-refractivity contribution in [3.8, 4) is 0 Å². The van der Waals surface area contributed by atoms with Crippen LogP contribution < -0.4 is 0 Å². The Hall–Kier alpha value is 0.260. The number of hydrogen-bond acceptors (Lipinski definition) is 2. The van der Waals surface area contributed by atoms with Crippen molar-refractivity contribution in [2.45, 2.75) is 11.3 Å². The van der Waals surface area contributed by atoms with Crippen LogP contribution in [0.25, 0.3) is 0 Å². The average Bonchev–Trinajstić information content (AvgIpc) is 2.11. The first kappa shape index (κ1) is 11.3. The van der Waals surface area contributed by atoms with Gasteiger partial charge in [-0.05, 0) is 40.3 Å². The summed E-state index contributed by atoms with van der Waals surface area (Å²) in [6.45, 7) is 0. The number of hydrogen-bond donors (Lipinski definition) is 1. The van der Waals surface area contributed by atoms with Crippen LogP contribution in [0.4, 0.5) is 0 Å². The quantitative estimate of drug-likeness (QED) is 0.513. The number of carbonyl (C=O) groups excluding carboxylic acids is 1. The SMILES string of the molecule is O=C(CCl)Cc1c(S)cccc1I. The van der Waals surface area contributed by atoms with E-state index in [1.807, 2.05) is 18.2 Å². The Labute approximate surface area is 101 Å². The molecule has 1 rings (SSSR count). The summed E-state index contributed by atoms with van der Waals surface area (Å²) in [5, 5.41) is 0. The topological polar surface area (TPSA) is 17.1 Å². The van der Waals surface area contributed by atoms with Crippen LogP contribution in [0, 0.1) is 3.57 Å². The fourth-order valence-electron chi connectivity index (χ4n) is 0.967. The van der Waals surface area contributed by atoms with E-state index in [0.29, 0.717) is 6.42 Å². The van der Waals surface area contributed by atoms with Crippen LogP contribution in [0.1, 0.15) is 5.56 Å². The van der Waals surface area contributed by atoms with Crippen molar-refractivity contribution in [2.24, 2.45) is 0 Å². The molecule has 4 heteroatoms. The zero-order valence-corrected chi connectivity index (χ0v) is 10.6. The minimum Gasteiger partial charge on any atom is -0.298 e. The third-order valence-electron chi connectivity index (χ3n) is 1.62. The van der Waals surface area contributed by atoms with Gasteiger partial charge in [-0.1, -0.05) is 6.07 Å². The van der Waals surface area contributed by atoms with E-state index >= 15 is 0 Å². The van der Waals surface area contributed by atoms with Crippen LogP contribution in [0.15, 0.2) is 23.1 Å². The van der Waals surface area contributed by atoms with E-state index in [9.17, 15) is 4.79 Å². The van der Waals surface area contributed by atoms with Crippen LogP contribution in [-0.2, 0) is 11.2 Å². The van der Waals surface area contributed by atoms with Crippen LogP contribution in [0.5, 0.6) is 0 Å². The second kappa shape index (κ2) is 5.22. The standard InChI is InChI=1S/C9H8ClIOS/c10-5-6(12)4-7-8(11)2-1-3-9(7)13/h1-3,13H,4-5H2. The van der Waals surface area contributed by atoms with Gasteiger partial charge in [0.25, 0.3) is 0 Å². The predicted octanol–water partition coefficient (Wildman–Crippen LogP) is 2.93. The number of halogens is 2. The van der Waals surface area contributed by atoms with E-state index in [0.717, 1.165) is 14.0 Å². The first-order chi connectivity index (χ1) is 6.15. The molecule has 0 aliphatic heterocycles. The maximum Gasteiger partial charge on any atom is 0.152 e. The highest BCUT2D eigenvalue weighted by molar-refractivity contribution is 14.1. The van der Waals surface area contributed by atoms with E-state index in [-0.39, 0.29) is 11.7 Å². The molecule has 0 radical (unpaired) electrons. The highest BCUT2D eigenvalue weighted by Crippen LogP contribution is 2.20. The van der Waals surface area contributed by atoms with E-state index < -0.39 is 0 Å². The summed E-state index contributed by atoms with van der Waals surface area (Å²) < 4.78 is 1.06. The van der Waals surface area contributed by atoms with Gasteiger partial charge in [-0.3, -0.25) is 4.79 Å². The van der Waals surface area contributed by atoms with Crippen molar-refractivity contribution < 1.29 is 4.79 Å². The minimum absolute atomic E-state index is 0.0288. The summed E-state index contributed by atoms with van der Waals surface area (Å²) in [5.74, 6) is 0.0964. The van der Waals surface area contributed by atoms with Crippen molar-refractivity contribution in [1.29, 1.82) is 0 Å². The van der Waals surface area contributed by atoms with Gasteiger partial charge in [-0.25, -0.2) is 0 Å². The monoisotopic (exact) mass is 326 g/mol. The maximum atomic E-state index is 11.1. The number of Topliss-reactive ketones (excluding diaryl/α,β-unsaturated/α-hetero) is 1. The fraction of sp³-hybridized carbons (Fsp3) is 0.222. The molecule has 0 fully saturated rings. The molecule has 0 amide bonds. The summed E-state index contributed by atoms with van der Waals surface area (Å²) in [5.41, 5.74) is 0.970. The summed E-state index contributed by atoms with van der Waals surface area (Å²) in [4.78, 5) is 12.0. The lowest BCUT2D eigenvalue weighted by Crippen LogP contribution is -2.05. The molecule has 0 aliphatic carbocycles. The molecule has 0 atom stereocenters. The molecule has 1 aromatic rings. The second-order valence-corrected chi connectivity index (χ2v) is 4.50. The molecular formula is C9H8ClIOS. The van der Waals surface area contributed by atoms with E-state index in [1.165, 1.54) is 0 Å². The molecular weight excluding hydrogens is 319 g/mol. The first-order valence-corrected chi connectivity index (χ1v) is 5.75. The highest BCUT2D eigenvalue weighted by Gasteiger charge is 2.08. The summed E-state index contributed by atoms with van der Waals surface area (Å²) in [6, 6.07) is 5.75. The molecule has 1 aromatic carbocycles. The van der Waals surface area contributed by atoms with Gasteiger partial charge in [0.1, 0.15) is 0 Å². The van der Waals surface area contributed by atoms with Gasteiger partial charge in [-0.2, -0.15) is 0 Å². The number of thiol groups is 1. The molecule has 0 heterocycles. The van der Waals surface area contributed by atoms with Gasteiger partial charge in [0.05, 0.1) is 5.88 Å². The summed E-state index contributed by atoms with van der Waals surface area (Å²) in [7, 11) is 0. The van der Waals surface area contributed by atoms with Gasteiger partial charge < -0.3 is 0 Å². The number of rotatable bonds is 3. The molecule has 0 spiro atoms. The summed E-state index contributed by atoms with van der Waals surface area (Å²) in [6.07, 6.45) is 0.376. The van der Waals surface area contributed by atoms with Gasteiger partial charge in [0.2, 0.25) is 0 Å². The van der Waals surface area contributed by atoms with Crippen LogP contribution >= 0.6 is 46.8 Å². The number of alkyl halides is 1. The van der Waals surface area contributed by atoms with Crippen LogP contribution in [-0.4, -0.2) is 11.7 Å². The maximum absolute atomic E-state index is 11.1. The predicted molar refractivity (Wildman–Crippen MR) is 65.8 cm³/mol. The lowest BCUT2D eigenvalue weighted by Gasteiger charge is -2.05. The van der Waals surface area contributed by atoms with Crippen molar-refractivity contribution in [2.75, 3.05) is 5.88 Å². The molecule has 0 saturated carbocycles. The van der Waals surface area contributed by atoms with E-state index in [1.54, 1.807) is 0 Å². The van der Waals surface area contributed by atoms with Crippen molar-refractivity contribution in [3.63, 3.8) is 0 Å². The number of benzene rings is 1. The molecule has 0 saturated heterocycles. The Morgan fingerprint density at radius 3 is 2.77 bits per heavy atom. The smallest absolute Gasteiger partial charge is 0.152 e. The lowest BCUT2D eigenvalue weighted by molar-refractivity contribution is -0.116. The molecule has 0 unspecified atom stereocenters. The zero-order chi connectivity index (χ0) is 9.84. The van der Waals surface area contributed by atoms with Gasteiger partial charge in [0.15, 0.2) is 5.78 Å². The number of ketones is 1. The van der Waals surface area contributed by atoms with Crippen molar-refractivity contribution in [1.82, 2.24) is 0 Å². The van der Waals surface area contributed by atoms with Crippen LogP contribution in [0.3, 0.4) is 0 Å². The van der Waals surface area contributed by atoms with Gasteiger partial charge in [-0.15, -0.1) is 24.2 Å². The van der Waals surface area contributed by atoms with Crippen LogP contribution in [0.2, 0.25) is 0 Å². The Balaban J connectivity index is 2.93. The molecule has 0 N–H and O–H groups in total. The third-order valence-corrected chi connectivity index (χ3v) is 3.34. The van der Waals surface area contributed by atoms with Gasteiger partial charge >= 0.3 is 0 Å². The average molecular weight is 327 g/mol. The first-order valence-electron chi connectivity index (χ1n) is 3.69. The highest BCUT2D eigenvalue weighted by atomic mass is 127. The molecule has 70 valence electrons. The van der Waals surface area contributed by atoms with E-state index in [2.05, 4.69) is 35.2 Å². The Morgan fingerprint density at radius 1 is 1.54 bits per heavy atom. The zero-order valence-electron chi connectivity index (χ0n) is 6.76. The number of carbonyl (C=O) groups is 1. The van der Waals surface area contributed by atoms with Gasteiger partial charge in [0, 0.05) is 14.9 Å². The Morgan fingerprint density at radius 2 is 2.23 bits per heavy atom. The van der Waals surface area contributed by atoms with Crippen molar-refractivity contribution in [3.05, 3.63) is 27.3 Å². The molecule has 1 nitrogen and oxygen atoms in total. The Bertz CT molecular complexity index is 307. The minimum atomic E-state index is 0.0288. The molecule has 13 heavy (non-hydrogen) atoms. The van der Waals surface area contributed by atoms with E-state index in [4.69, 9.17) is 11.6 Å². The molecule has 0 aliphatic rings. The molecule has 0 aromatic heterocycles. The van der Waals surface area contributed by atoms with Crippen molar-refractivity contribution >= 4 is 52.6 Å². The normalized spacial score (nSPS) is 10.1. The third kappa shape index (κ3) is 3.14. The molecule has 0 bridgehead atoms. The lowest BCUT2D eigenvalue weighted by atomic mass is 10.1. The second-order valence-electron chi connectivity index (χ2n) is 2.59. The summed E-state index contributed by atoms with van der Waals surface area (Å²) >= 11 is 11.9.